The first kappa shape index (κ1) is 17.3. The van der Waals surface area contributed by atoms with Crippen LogP contribution in [0.1, 0.15) is 45.5 Å². The number of carboxylic acid groups (broad SMARTS) is 1. The third-order valence-corrected chi connectivity index (χ3v) is 5.22. The van der Waals surface area contributed by atoms with Gasteiger partial charge in [-0.2, -0.15) is 0 Å². The van der Waals surface area contributed by atoms with Gasteiger partial charge in [0.1, 0.15) is 0 Å². The van der Waals surface area contributed by atoms with Crippen molar-refractivity contribution in [1.29, 1.82) is 0 Å². The van der Waals surface area contributed by atoms with Crippen molar-refractivity contribution < 1.29 is 9.90 Å². The standard InChI is InChI=1S/C19H19Cl2NO2/c1-3-12-13(5-4-6-14(12)19(23)24)16-9-22(2)10-17-15(16)7-11(20)8-18(17)21/h4-8,16H,3,9-10H2,1-2H3,(H,23,24). The van der Waals surface area contributed by atoms with Crippen molar-refractivity contribution in [2.24, 2.45) is 0 Å². The maximum absolute atomic E-state index is 11.6. The van der Waals surface area contributed by atoms with Gasteiger partial charge >= 0.3 is 5.97 Å². The third-order valence-electron chi connectivity index (χ3n) is 4.66. The average Bonchev–Trinajstić information content (AvgIpc) is 2.54. The molecule has 1 aliphatic heterocycles. The van der Waals surface area contributed by atoms with Gasteiger partial charge in [-0.1, -0.05) is 42.3 Å². The molecule has 3 rings (SSSR count). The number of hydrogen-bond acceptors (Lipinski definition) is 2. The zero-order valence-corrected chi connectivity index (χ0v) is 15.2. The number of carboxylic acids is 1. The van der Waals surface area contributed by atoms with E-state index < -0.39 is 5.97 Å². The summed E-state index contributed by atoms with van der Waals surface area (Å²) in [5.41, 5.74) is 4.47. The molecular weight excluding hydrogens is 345 g/mol. The van der Waals surface area contributed by atoms with Crippen LogP contribution in [0.3, 0.4) is 0 Å². The maximum atomic E-state index is 11.6. The van der Waals surface area contributed by atoms with Crippen LogP contribution in [0.5, 0.6) is 0 Å². The molecule has 2 aromatic carbocycles. The van der Waals surface area contributed by atoms with Crippen LogP contribution in [0, 0.1) is 0 Å². The Balaban J connectivity index is 2.22. The fourth-order valence-electron chi connectivity index (χ4n) is 3.64. The number of hydrogen-bond donors (Lipinski definition) is 1. The minimum absolute atomic E-state index is 0.0594. The number of aromatic carboxylic acids is 1. The van der Waals surface area contributed by atoms with Crippen LogP contribution in [0.2, 0.25) is 10.0 Å². The molecule has 0 spiro atoms. The fourth-order valence-corrected chi connectivity index (χ4v) is 4.21. The minimum Gasteiger partial charge on any atom is -0.478 e. The predicted octanol–water partition coefficient (Wildman–Crippen LogP) is 4.83. The van der Waals surface area contributed by atoms with E-state index in [9.17, 15) is 9.90 Å². The molecule has 0 aliphatic carbocycles. The lowest BCUT2D eigenvalue weighted by Gasteiger charge is -2.34. The van der Waals surface area contributed by atoms with Crippen molar-refractivity contribution in [2.45, 2.75) is 25.8 Å². The van der Waals surface area contributed by atoms with Crippen LogP contribution < -0.4 is 0 Å². The molecule has 126 valence electrons. The lowest BCUT2D eigenvalue weighted by atomic mass is 9.81. The van der Waals surface area contributed by atoms with Crippen molar-refractivity contribution in [3.63, 3.8) is 0 Å². The van der Waals surface area contributed by atoms with Gasteiger partial charge in [0.2, 0.25) is 0 Å². The quantitative estimate of drug-likeness (QED) is 0.848. The summed E-state index contributed by atoms with van der Waals surface area (Å²) in [6.45, 7) is 3.56. The molecule has 1 unspecified atom stereocenters. The SMILES string of the molecule is CCc1c(C(=O)O)cccc1C1CN(C)Cc2c(Cl)cc(Cl)cc21. The predicted molar refractivity (Wildman–Crippen MR) is 97.4 cm³/mol. The van der Waals surface area contributed by atoms with Crippen molar-refractivity contribution in [2.75, 3.05) is 13.6 Å². The number of likely N-dealkylation sites (N-methyl/N-ethyl adjacent to an activating group) is 1. The maximum Gasteiger partial charge on any atom is 0.335 e. The summed E-state index contributed by atoms with van der Waals surface area (Å²) in [7, 11) is 2.05. The molecule has 24 heavy (non-hydrogen) atoms. The Bertz CT molecular complexity index is 804. The minimum atomic E-state index is -0.887. The van der Waals surface area contributed by atoms with E-state index in [4.69, 9.17) is 23.2 Å². The highest BCUT2D eigenvalue weighted by Gasteiger charge is 2.29. The first-order valence-corrected chi connectivity index (χ1v) is 8.69. The Hall–Kier alpha value is -1.55. The Kier molecular flexibility index (Phi) is 4.86. The molecule has 0 saturated heterocycles. The molecule has 0 bridgehead atoms. The topological polar surface area (TPSA) is 40.5 Å². The molecule has 2 aromatic rings. The van der Waals surface area contributed by atoms with Crippen molar-refractivity contribution in [1.82, 2.24) is 4.90 Å². The zero-order valence-electron chi connectivity index (χ0n) is 13.6. The van der Waals surface area contributed by atoms with E-state index in [2.05, 4.69) is 4.90 Å². The molecule has 1 heterocycles. The van der Waals surface area contributed by atoms with Crippen LogP contribution >= 0.6 is 23.2 Å². The second-order valence-corrected chi connectivity index (χ2v) is 7.08. The summed E-state index contributed by atoms with van der Waals surface area (Å²) in [5.74, 6) is -0.827. The second-order valence-electron chi connectivity index (χ2n) is 6.24. The first-order chi connectivity index (χ1) is 11.4. The van der Waals surface area contributed by atoms with E-state index in [0.717, 1.165) is 35.3 Å². The fraction of sp³-hybridized carbons (Fsp3) is 0.316. The molecule has 1 atom stereocenters. The van der Waals surface area contributed by atoms with E-state index in [1.807, 2.05) is 32.2 Å². The highest BCUT2D eigenvalue weighted by atomic mass is 35.5. The van der Waals surface area contributed by atoms with Crippen molar-refractivity contribution in [3.05, 3.63) is 68.2 Å². The summed E-state index contributed by atoms with van der Waals surface area (Å²) < 4.78 is 0. The summed E-state index contributed by atoms with van der Waals surface area (Å²) >= 11 is 12.7. The van der Waals surface area contributed by atoms with Gasteiger partial charge in [-0.3, -0.25) is 0 Å². The highest BCUT2D eigenvalue weighted by molar-refractivity contribution is 6.35. The van der Waals surface area contributed by atoms with Crippen molar-refractivity contribution in [3.8, 4) is 0 Å². The Morgan fingerprint density at radius 3 is 2.71 bits per heavy atom. The van der Waals surface area contributed by atoms with Gasteiger partial charge in [-0.25, -0.2) is 4.79 Å². The number of benzene rings is 2. The molecule has 3 nitrogen and oxygen atoms in total. The van der Waals surface area contributed by atoms with Gasteiger partial charge in [-0.05, 0) is 53.9 Å². The molecule has 0 radical (unpaired) electrons. The highest BCUT2D eigenvalue weighted by Crippen LogP contribution is 2.40. The summed E-state index contributed by atoms with van der Waals surface area (Å²) in [6.07, 6.45) is 0.668. The normalized spacial score (nSPS) is 17.6. The smallest absolute Gasteiger partial charge is 0.335 e. The summed E-state index contributed by atoms with van der Waals surface area (Å²) in [5, 5.41) is 10.8. The van der Waals surface area contributed by atoms with Gasteiger partial charge in [0.15, 0.2) is 0 Å². The molecule has 1 N–H and O–H groups in total. The van der Waals surface area contributed by atoms with Crippen LogP contribution in [0.25, 0.3) is 0 Å². The number of fused-ring (bicyclic) bond motifs is 1. The zero-order chi connectivity index (χ0) is 17.4. The summed E-state index contributed by atoms with van der Waals surface area (Å²) in [6, 6.07) is 9.25. The van der Waals surface area contributed by atoms with Crippen LogP contribution in [-0.4, -0.2) is 29.6 Å². The monoisotopic (exact) mass is 363 g/mol. The van der Waals surface area contributed by atoms with Crippen LogP contribution in [-0.2, 0) is 13.0 Å². The Labute approximate surface area is 151 Å². The van der Waals surface area contributed by atoms with Gasteiger partial charge in [0.05, 0.1) is 5.56 Å². The van der Waals surface area contributed by atoms with Gasteiger partial charge in [-0.15, -0.1) is 0 Å². The second kappa shape index (κ2) is 6.75. The van der Waals surface area contributed by atoms with Gasteiger partial charge in [0, 0.05) is 29.1 Å². The van der Waals surface area contributed by atoms with E-state index in [-0.39, 0.29) is 5.92 Å². The molecule has 1 aliphatic rings. The summed E-state index contributed by atoms with van der Waals surface area (Å²) in [4.78, 5) is 13.8. The molecule has 0 saturated carbocycles. The average molecular weight is 364 g/mol. The Morgan fingerprint density at radius 1 is 1.29 bits per heavy atom. The van der Waals surface area contributed by atoms with Crippen LogP contribution in [0.15, 0.2) is 30.3 Å². The number of carbonyl (C=O) groups is 1. The molecule has 0 amide bonds. The number of rotatable bonds is 3. The lowest BCUT2D eigenvalue weighted by Crippen LogP contribution is -2.32. The largest absolute Gasteiger partial charge is 0.478 e. The molecule has 0 aromatic heterocycles. The lowest BCUT2D eigenvalue weighted by molar-refractivity contribution is 0.0695. The molecule has 0 fully saturated rings. The van der Waals surface area contributed by atoms with E-state index >= 15 is 0 Å². The molecular formula is C19H19Cl2NO2. The van der Waals surface area contributed by atoms with Gasteiger partial charge in [0.25, 0.3) is 0 Å². The Morgan fingerprint density at radius 2 is 2.04 bits per heavy atom. The van der Waals surface area contributed by atoms with E-state index in [0.29, 0.717) is 22.0 Å². The van der Waals surface area contributed by atoms with E-state index in [1.165, 1.54) is 0 Å². The first-order valence-electron chi connectivity index (χ1n) is 7.93. The molecule has 5 heteroatoms. The third kappa shape index (κ3) is 3.04. The number of nitrogens with zero attached hydrogens (tertiary/aromatic N) is 1. The van der Waals surface area contributed by atoms with Crippen molar-refractivity contribution >= 4 is 29.2 Å². The number of halogens is 2. The van der Waals surface area contributed by atoms with Gasteiger partial charge < -0.3 is 10.0 Å². The van der Waals surface area contributed by atoms with Crippen LogP contribution in [0.4, 0.5) is 0 Å². The van der Waals surface area contributed by atoms with E-state index in [1.54, 1.807) is 12.1 Å².